The first-order valence-corrected chi connectivity index (χ1v) is 7.31. The fourth-order valence-electron chi connectivity index (χ4n) is 2.05. The minimum atomic E-state index is -3.93. The van der Waals surface area contributed by atoms with Crippen molar-refractivity contribution in [2.24, 2.45) is 0 Å². The molecule has 0 amide bonds. The van der Waals surface area contributed by atoms with Crippen molar-refractivity contribution in [3.05, 3.63) is 28.3 Å². The van der Waals surface area contributed by atoms with Crippen molar-refractivity contribution in [2.75, 3.05) is 20.2 Å². The van der Waals surface area contributed by atoms with Crippen molar-refractivity contribution in [1.82, 2.24) is 4.31 Å². The summed E-state index contributed by atoms with van der Waals surface area (Å²) >= 11 is 0. The molecular formula is C11H14N2O6S. The molecule has 1 aliphatic rings. The van der Waals surface area contributed by atoms with Crippen molar-refractivity contribution < 1.29 is 23.2 Å². The average Bonchev–Trinajstić information content (AvgIpc) is 2.85. The number of nitro benzene ring substituents is 1. The Morgan fingerprint density at radius 1 is 1.50 bits per heavy atom. The van der Waals surface area contributed by atoms with Crippen LogP contribution < -0.4 is 4.74 Å². The van der Waals surface area contributed by atoms with Gasteiger partial charge in [-0.2, -0.15) is 4.31 Å². The number of methoxy groups -OCH3 is 1. The summed E-state index contributed by atoms with van der Waals surface area (Å²) < 4.78 is 31.0. The van der Waals surface area contributed by atoms with Crippen molar-refractivity contribution in [3.8, 4) is 5.75 Å². The molecule has 1 heterocycles. The molecule has 0 radical (unpaired) electrons. The van der Waals surface area contributed by atoms with Gasteiger partial charge < -0.3 is 9.84 Å². The molecule has 1 aliphatic heterocycles. The topological polar surface area (TPSA) is 110 Å². The van der Waals surface area contributed by atoms with Crippen molar-refractivity contribution in [1.29, 1.82) is 0 Å². The fraction of sp³-hybridized carbons (Fsp3) is 0.455. The van der Waals surface area contributed by atoms with Crippen LogP contribution in [0, 0.1) is 10.1 Å². The summed E-state index contributed by atoms with van der Waals surface area (Å²) in [5, 5.41) is 20.2. The number of sulfonamides is 1. The van der Waals surface area contributed by atoms with Gasteiger partial charge in [-0.05, 0) is 12.5 Å². The van der Waals surface area contributed by atoms with Gasteiger partial charge in [0.05, 0.1) is 18.1 Å². The highest BCUT2D eigenvalue weighted by Crippen LogP contribution is 2.31. The van der Waals surface area contributed by atoms with Crippen LogP contribution in [0.2, 0.25) is 0 Å². The summed E-state index contributed by atoms with van der Waals surface area (Å²) in [5.74, 6) is 0.0389. The highest BCUT2D eigenvalue weighted by Gasteiger charge is 2.34. The van der Waals surface area contributed by atoms with E-state index in [0.29, 0.717) is 6.42 Å². The summed E-state index contributed by atoms with van der Waals surface area (Å²) in [5.41, 5.74) is -0.330. The molecule has 9 heteroatoms. The minimum Gasteiger partial charge on any atom is -0.495 e. The van der Waals surface area contributed by atoms with E-state index in [9.17, 15) is 23.6 Å². The van der Waals surface area contributed by atoms with Crippen LogP contribution in [0.15, 0.2) is 23.1 Å². The number of benzene rings is 1. The molecule has 1 aromatic rings. The number of hydrogen-bond acceptors (Lipinski definition) is 6. The molecular weight excluding hydrogens is 288 g/mol. The van der Waals surface area contributed by atoms with Crippen LogP contribution in [0.1, 0.15) is 6.42 Å². The number of hydrogen-bond donors (Lipinski definition) is 1. The molecule has 20 heavy (non-hydrogen) atoms. The van der Waals surface area contributed by atoms with Gasteiger partial charge in [-0.3, -0.25) is 10.1 Å². The second-order valence-electron chi connectivity index (χ2n) is 4.40. The van der Waals surface area contributed by atoms with Crippen molar-refractivity contribution in [2.45, 2.75) is 17.4 Å². The van der Waals surface area contributed by atoms with Crippen LogP contribution in [0.25, 0.3) is 0 Å². The Bertz CT molecular complexity index is 630. The van der Waals surface area contributed by atoms with Gasteiger partial charge in [0, 0.05) is 25.2 Å². The Labute approximate surface area is 115 Å². The number of aliphatic hydroxyl groups is 1. The molecule has 1 unspecified atom stereocenters. The quantitative estimate of drug-likeness (QED) is 0.635. The molecule has 1 N–H and O–H groups in total. The average molecular weight is 302 g/mol. The van der Waals surface area contributed by atoms with Gasteiger partial charge in [-0.25, -0.2) is 8.42 Å². The van der Waals surface area contributed by atoms with Crippen LogP contribution >= 0.6 is 0 Å². The highest BCUT2D eigenvalue weighted by molar-refractivity contribution is 7.89. The lowest BCUT2D eigenvalue weighted by molar-refractivity contribution is -0.385. The van der Waals surface area contributed by atoms with Crippen LogP contribution in [0.3, 0.4) is 0 Å². The maximum absolute atomic E-state index is 12.4. The van der Waals surface area contributed by atoms with E-state index < -0.39 is 21.1 Å². The fourth-order valence-corrected chi connectivity index (χ4v) is 3.72. The lowest BCUT2D eigenvalue weighted by Crippen LogP contribution is -2.30. The van der Waals surface area contributed by atoms with E-state index in [2.05, 4.69) is 0 Å². The van der Waals surface area contributed by atoms with Gasteiger partial charge in [0.1, 0.15) is 10.6 Å². The number of nitrogens with zero attached hydrogens (tertiary/aromatic N) is 2. The number of ether oxygens (including phenoxy) is 1. The lowest BCUT2D eigenvalue weighted by Gasteiger charge is -2.17. The SMILES string of the molecule is COc1ccc([N+](=O)[O-])cc1S(=O)(=O)N1CCC(O)C1. The molecule has 0 aromatic heterocycles. The largest absolute Gasteiger partial charge is 0.495 e. The third-order valence-corrected chi connectivity index (χ3v) is 4.99. The zero-order valence-electron chi connectivity index (χ0n) is 10.7. The van der Waals surface area contributed by atoms with Crippen LogP contribution in [-0.4, -0.2) is 49.1 Å². The highest BCUT2D eigenvalue weighted by atomic mass is 32.2. The monoisotopic (exact) mass is 302 g/mol. The van der Waals surface area contributed by atoms with E-state index in [4.69, 9.17) is 4.74 Å². The molecule has 0 saturated carbocycles. The Balaban J connectivity index is 2.49. The summed E-state index contributed by atoms with van der Waals surface area (Å²) in [6, 6.07) is 3.40. The zero-order chi connectivity index (χ0) is 14.9. The van der Waals surface area contributed by atoms with E-state index in [1.807, 2.05) is 0 Å². The summed E-state index contributed by atoms with van der Waals surface area (Å²) in [6.07, 6.45) is -0.370. The standard InChI is InChI=1S/C11H14N2O6S/c1-19-10-3-2-8(13(15)16)6-11(10)20(17,18)12-5-4-9(14)7-12/h2-3,6,9,14H,4-5,7H2,1H3. The first-order chi connectivity index (χ1) is 9.36. The van der Waals surface area contributed by atoms with E-state index in [1.165, 1.54) is 19.2 Å². The molecule has 2 rings (SSSR count). The number of aliphatic hydroxyl groups excluding tert-OH is 1. The molecule has 1 atom stereocenters. The van der Waals surface area contributed by atoms with Gasteiger partial charge in [-0.15, -0.1) is 0 Å². The van der Waals surface area contributed by atoms with Crippen LogP contribution in [0.4, 0.5) is 5.69 Å². The van der Waals surface area contributed by atoms with Crippen molar-refractivity contribution >= 4 is 15.7 Å². The van der Waals surface area contributed by atoms with Gasteiger partial charge in [-0.1, -0.05) is 0 Å². The second kappa shape index (κ2) is 5.35. The molecule has 0 aliphatic carbocycles. The number of rotatable bonds is 4. The van der Waals surface area contributed by atoms with E-state index in [0.717, 1.165) is 10.4 Å². The Kier molecular flexibility index (Phi) is 3.93. The summed E-state index contributed by atoms with van der Waals surface area (Å²) in [7, 11) is -2.64. The minimum absolute atomic E-state index is 0.0197. The Morgan fingerprint density at radius 2 is 2.20 bits per heavy atom. The maximum atomic E-state index is 12.4. The summed E-state index contributed by atoms with van der Waals surface area (Å²) in [6.45, 7) is 0.156. The number of non-ortho nitro benzene ring substituents is 1. The van der Waals surface area contributed by atoms with Gasteiger partial charge in [0.15, 0.2) is 0 Å². The molecule has 8 nitrogen and oxygen atoms in total. The summed E-state index contributed by atoms with van der Waals surface area (Å²) in [4.78, 5) is 9.84. The third kappa shape index (κ3) is 2.60. The van der Waals surface area contributed by atoms with Gasteiger partial charge in [0.2, 0.25) is 10.0 Å². The smallest absolute Gasteiger partial charge is 0.271 e. The van der Waals surface area contributed by atoms with Crippen LogP contribution in [0.5, 0.6) is 5.75 Å². The van der Waals surface area contributed by atoms with E-state index in [1.54, 1.807) is 0 Å². The van der Waals surface area contributed by atoms with Gasteiger partial charge >= 0.3 is 0 Å². The first kappa shape index (κ1) is 14.7. The maximum Gasteiger partial charge on any atom is 0.271 e. The van der Waals surface area contributed by atoms with Crippen LogP contribution in [-0.2, 0) is 10.0 Å². The Hall–Kier alpha value is -1.71. The zero-order valence-corrected chi connectivity index (χ0v) is 11.5. The predicted octanol–water partition coefficient (Wildman–Crippen LogP) is 0.359. The van der Waals surface area contributed by atoms with E-state index >= 15 is 0 Å². The molecule has 1 aromatic carbocycles. The third-order valence-electron chi connectivity index (χ3n) is 3.10. The van der Waals surface area contributed by atoms with E-state index in [-0.39, 0.29) is 29.4 Å². The molecule has 1 fully saturated rings. The molecule has 0 spiro atoms. The Morgan fingerprint density at radius 3 is 2.70 bits per heavy atom. The lowest BCUT2D eigenvalue weighted by atomic mass is 10.3. The van der Waals surface area contributed by atoms with Crippen molar-refractivity contribution in [3.63, 3.8) is 0 Å². The second-order valence-corrected chi connectivity index (χ2v) is 6.30. The number of β-amino-alcohol motifs (C(OH)–C–C–N with tert-alkyl or cyclic N) is 1. The molecule has 1 saturated heterocycles. The molecule has 110 valence electrons. The van der Waals surface area contributed by atoms with Gasteiger partial charge in [0.25, 0.3) is 5.69 Å². The predicted molar refractivity (Wildman–Crippen MR) is 69.0 cm³/mol. The first-order valence-electron chi connectivity index (χ1n) is 5.87. The normalized spacial score (nSPS) is 20.0. The molecule has 0 bridgehead atoms. The number of nitro groups is 1.